The SMILES string of the molecule is [C-]#[N+]C1=C(C)/C(=C/C=Cc2ccc(N(C)C)cc2)C(=O)N(c2ccc(C(=O)O)cc2)C1=O. The summed E-state index contributed by atoms with van der Waals surface area (Å²) in [6.07, 6.45) is 5.10. The van der Waals surface area contributed by atoms with Crippen molar-refractivity contribution in [2.24, 2.45) is 0 Å². The summed E-state index contributed by atoms with van der Waals surface area (Å²) in [5.74, 6) is -2.42. The van der Waals surface area contributed by atoms with Crippen molar-refractivity contribution < 1.29 is 19.5 Å². The molecule has 2 amide bonds. The van der Waals surface area contributed by atoms with Gasteiger partial charge < -0.3 is 10.0 Å². The first kappa shape index (κ1) is 22.2. The van der Waals surface area contributed by atoms with Crippen LogP contribution in [-0.2, 0) is 9.59 Å². The summed E-state index contributed by atoms with van der Waals surface area (Å²) in [6, 6.07) is 13.2. The number of hydrogen-bond acceptors (Lipinski definition) is 4. The third-order valence-electron chi connectivity index (χ3n) is 5.04. The number of anilines is 2. The van der Waals surface area contributed by atoms with Gasteiger partial charge in [0.25, 0.3) is 17.5 Å². The molecular formula is C25H21N3O4. The summed E-state index contributed by atoms with van der Waals surface area (Å²) >= 11 is 0. The lowest BCUT2D eigenvalue weighted by atomic mass is 9.97. The Bertz CT molecular complexity index is 1210. The van der Waals surface area contributed by atoms with Crippen LogP contribution < -0.4 is 9.80 Å². The molecule has 0 unspecified atom stereocenters. The Labute approximate surface area is 186 Å². The van der Waals surface area contributed by atoms with E-state index in [2.05, 4.69) is 4.85 Å². The fourth-order valence-corrected chi connectivity index (χ4v) is 3.22. The Kier molecular flexibility index (Phi) is 6.36. The van der Waals surface area contributed by atoms with Crippen LogP contribution in [0.4, 0.5) is 11.4 Å². The summed E-state index contributed by atoms with van der Waals surface area (Å²) in [5.41, 5.74) is 2.60. The highest BCUT2D eigenvalue weighted by Crippen LogP contribution is 2.30. The van der Waals surface area contributed by atoms with Crippen molar-refractivity contribution in [3.05, 3.63) is 100 Å². The van der Waals surface area contributed by atoms with E-state index in [1.807, 2.05) is 49.3 Å². The minimum atomic E-state index is -1.12. The lowest BCUT2D eigenvalue weighted by Gasteiger charge is -2.27. The number of hydrogen-bond donors (Lipinski definition) is 1. The molecule has 0 bridgehead atoms. The highest BCUT2D eigenvalue weighted by atomic mass is 16.4. The molecule has 32 heavy (non-hydrogen) atoms. The summed E-state index contributed by atoms with van der Waals surface area (Å²) in [6.45, 7) is 8.97. The van der Waals surface area contributed by atoms with Crippen LogP contribution in [0.2, 0.25) is 0 Å². The standard InChI is InChI=1S/C25H21N3O4/c1-16-21(7-5-6-17-8-12-19(13-9-17)27(3)4)23(29)28(24(30)22(16)26-2)20-14-10-18(11-15-20)25(31)32/h5-15H,1,3-4H3,(H,31,32)/b6-5?,21-7-. The molecule has 2 aromatic carbocycles. The molecule has 1 aliphatic rings. The van der Waals surface area contributed by atoms with E-state index in [0.29, 0.717) is 5.57 Å². The molecule has 7 nitrogen and oxygen atoms in total. The Balaban J connectivity index is 1.96. The molecule has 1 aliphatic heterocycles. The van der Waals surface area contributed by atoms with Gasteiger partial charge in [-0.05, 0) is 54.5 Å². The number of carboxylic acids is 1. The average Bonchev–Trinajstić information content (AvgIpc) is 2.77. The van der Waals surface area contributed by atoms with Crippen molar-refractivity contribution in [1.82, 2.24) is 0 Å². The number of benzene rings is 2. The molecule has 0 atom stereocenters. The highest BCUT2D eigenvalue weighted by Gasteiger charge is 2.36. The van der Waals surface area contributed by atoms with Gasteiger partial charge in [0, 0.05) is 25.4 Å². The lowest BCUT2D eigenvalue weighted by Crippen LogP contribution is -2.42. The number of aromatic carboxylic acids is 1. The minimum Gasteiger partial charge on any atom is -0.478 e. The van der Waals surface area contributed by atoms with E-state index in [0.717, 1.165) is 16.2 Å². The number of nitrogens with zero attached hydrogens (tertiary/aromatic N) is 3. The van der Waals surface area contributed by atoms with E-state index in [9.17, 15) is 14.4 Å². The molecule has 2 aromatic rings. The molecule has 0 aliphatic carbocycles. The predicted molar refractivity (Wildman–Crippen MR) is 123 cm³/mol. The molecule has 0 aromatic heterocycles. The smallest absolute Gasteiger partial charge is 0.335 e. The normalized spacial score (nSPS) is 15.4. The summed E-state index contributed by atoms with van der Waals surface area (Å²) in [5, 5.41) is 9.07. The van der Waals surface area contributed by atoms with Crippen LogP contribution in [0, 0.1) is 6.57 Å². The van der Waals surface area contributed by atoms with Crippen LogP contribution in [0.15, 0.2) is 77.5 Å². The second kappa shape index (κ2) is 9.14. The molecule has 1 heterocycles. The summed E-state index contributed by atoms with van der Waals surface area (Å²) in [4.78, 5) is 43.2. The van der Waals surface area contributed by atoms with E-state index in [-0.39, 0.29) is 22.5 Å². The van der Waals surface area contributed by atoms with E-state index < -0.39 is 17.8 Å². The van der Waals surface area contributed by atoms with Gasteiger partial charge in [0.15, 0.2) is 0 Å². The first-order chi connectivity index (χ1) is 15.2. The van der Waals surface area contributed by atoms with Gasteiger partial charge in [0.05, 0.1) is 17.8 Å². The molecule has 0 saturated carbocycles. The summed E-state index contributed by atoms with van der Waals surface area (Å²) in [7, 11) is 3.91. The predicted octanol–water partition coefficient (Wildman–Crippen LogP) is 4.16. The van der Waals surface area contributed by atoms with Gasteiger partial charge in [-0.15, -0.1) is 0 Å². The third kappa shape index (κ3) is 4.35. The van der Waals surface area contributed by atoms with Gasteiger partial charge in [-0.2, -0.15) is 0 Å². The topological polar surface area (TPSA) is 82.3 Å². The maximum absolute atomic E-state index is 13.1. The second-order valence-corrected chi connectivity index (χ2v) is 7.31. The van der Waals surface area contributed by atoms with Crippen LogP contribution in [0.25, 0.3) is 10.9 Å². The molecule has 0 spiro atoms. The Morgan fingerprint density at radius 1 is 1.03 bits per heavy atom. The van der Waals surface area contributed by atoms with Gasteiger partial charge in [0.1, 0.15) is 0 Å². The first-order valence-corrected chi connectivity index (χ1v) is 9.71. The van der Waals surface area contributed by atoms with Crippen molar-refractivity contribution in [2.45, 2.75) is 6.92 Å². The fraction of sp³-hybridized carbons (Fsp3) is 0.120. The Morgan fingerprint density at radius 3 is 2.19 bits per heavy atom. The number of carbonyl (C=O) groups excluding carboxylic acids is 2. The van der Waals surface area contributed by atoms with E-state index >= 15 is 0 Å². The molecule has 0 saturated heterocycles. The van der Waals surface area contributed by atoms with Crippen LogP contribution in [0.3, 0.4) is 0 Å². The van der Waals surface area contributed by atoms with Gasteiger partial charge in [-0.3, -0.25) is 14.5 Å². The molecule has 0 radical (unpaired) electrons. The molecule has 0 fully saturated rings. The second-order valence-electron chi connectivity index (χ2n) is 7.31. The zero-order valence-electron chi connectivity index (χ0n) is 17.9. The first-order valence-electron chi connectivity index (χ1n) is 9.71. The van der Waals surface area contributed by atoms with Gasteiger partial charge in [-0.1, -0.05) is 30.4 Å². The Hall–Kier alpha value is -4.44. The van der Waals surface area contributed by atoms with Gasteiger partial charge in [0.2, 0.25) is 0 Å². The van der Waals surface area contributed by atoms with Crippen molar-refractivity contribution >= 4 is 35.2 Å². The number of rotatable bonds is 5. The number of imide groups is 1. The van der Waals surface area contributed by atoms with Crippen molar-refractivity contribution in [3.8, 4) is 0 Å². The lowest BCUT2D eigenvalue weighted by molar-refractivity contribution is -0.123. The Morgan fingerprint density at radius 2 is 1.66 bits per heavy atom. The quantitative estimate of drug-likeness (QED) is 0.440. The number of amides is 2. The van der Waals surface area contributed by atoms with Crippen molar-refractivity contribution in [3.63, 3.8) is 0 Å². The van der Waals surface area contributed by atoms with E-state index in [1.54, 1.807) is 19.1 Å². The molecule has 1 N–H and O–H groups in total. The maximum Gasteiger partial charge on any atom is 0.335 e. The van der Waals surface area contributed by atoms with Crippen LogP contribution in [-0.4, -0.2) is 37.0 Å². The monoisotopic (exact) mass is 427 g/mol. The van der Waals surface area contributed by atoms with Gasteiger partial charge in [-0.25, -0.2) is 9.64 Å². The molecule has 3 rings (SSSR count). The minimum absolute atomic E-state index is 0.0294. The fourth-order valence-electron chi connectivity index (χ4n) is 3.22. The maximum atomic E-state index is 13.1. The zero-order valence-corrected chi connectivity index (χ0v) is 17.9. The van der Waals surface area contributed by atoms with E-state index in [4.69, 9.17) is 11.7 Å². The number of allylic oxidation sites excluding steroid dienone is 2. The molecular weight excluding hydrogens is 406 g/mol. The van der Waals surface area contributed by atoms with Crippen molar-refractivity contribution in [1.29, 1.82) is 0 Å². The number of carboxylic acid groups (broad SMARTS) is 1. The summed E-state index contributed by atoms with van der Waals surface area (Å²) < 4.78 is 0. The van der Waals surface area contributed by atoms with E-state index in [1.165, 1.54) is 24.3 Å². The third-order valence-corrected chi connectivity index (χ3v) is 5.04. The van der Waals surface area contributed by atoms with Crippen LogP contribution >= 0.6 is 0 Å². The number of carbonyl (C=O) groups is 3. The highest BCUT2D eigenvalue weighted by molar-refractivity contribution is 6.30. The van der Waals surface area contributed by atoms with Gasteiger partial charge >= 0.3 is 5.97 Å². The average molecular weight is 427 g/mol. The molecule has 7 heteroatoms. The largest absolute Gasteiger partial charge is 0.478 e. The van der Waals surface area contributed by atoms with Crippen LogP contribution in [0.5, 0.6) is 0 Å². The van der Waals surface area contributed by atoms with Crippen LogP contribution in [0.1, 0.15) is 22.8 Å². The zero-order chi connectivity index (χ0) is 23.4. The van der Waals surface area contributed by atoms with Crippen molar-refractivity contribution in [2.75, 3.05) is 23.9 Å². The molecule has 160 valence electrons.